The molecular weight excluding hydrogens is 244 g/mol. The maximum absolute atomic E-state index is 6.32. The predicted octanol–water partition coefficient (Wildman–Crippen LogP) is 4.12. The van der Waals surface area contributed by atoms with Crippen molar-refractivity contribution in [3.63, 3.8) is 0 Å². The van der Waals surface area contributed by atoms with Gasteiger partial charge in [0.25, 0.3) is 0 Å². The zero-order valence-corrected chi connectivity index (χ0v) is 13.6. The third-order valence-electron chi connectivity index (χ3n) is 5.39. The van der Waals surface area contributed by atoms with Crippen LogP contribution in [0.4, 0.5) is 5.69 Å². The summed E-state index contributed by atoms with van der Waals surface area (Å²) in [5, 5.41) is 0. The molecule has 20 heavy (non-hydrogen) atoms. The third kappa shape index (κ3) is 2.46. The molecule has 0 amide bonds. The molecule has 0 aliphatic heterocycles. The lowest BCUT2D eigenvalue weighted by atomic mass is 9.62. The van der Waals surface area contributed by atoms with Gasteiger partial charge in [-0.1, -0.05) is 38.8 Å². The van der Waals surface area contributed by atoms with E-state index in [1.54, 1.807) is 0 Å². The van der Waals surface area contributed by atoms with Gasteiger partial charge in [-0.15, -0.1) is 0 Å². The highest BCUT2D eigenvalue weighted by atomic mass is 15.2. The largest absolute Gasteiger partial charge is 0.364 e. The van der Waals surface area contributed by atoms with Crippen molar-refractivity contribution in [1.82, 2.24) is 0 Å². The molecule has 1 aromatic rings. The second-order valence-corrected chi connectivity index (χ2v) is 6.91. The topological polar surface area (TPSA) is 29.3 Å². The van der Waals surface area contributed by atoms with E-state index in [4.69, 9.17) is 5.73 Å². The number of anilines is 1. The van der Waals surface area contributed by atoms with Crippen LogP contribution < -0.4 is 10.6 Å². The average molecular weight is 274 g/mol. The van der Waals surface area contributed by atoms with Gasteiger partial charge in [-0.05, 0) is 49.8 Å². The van der Waals surface area contributed by atoms with E-state index >= 15 is 0 Å². The number of hydrogen-bond donors (Lipinski definition) is 1. The summed E-state index contributed by atoms with van der Waals surface area (Å²) in [6, 6.07) is 8.86. The van der Waals surface area contributed by atoms with E-state index in [-0.39, 0.29) is 11.0 Å². The minimum atomic E-state index is 0.0911. The Hall–Kier alpha value is -1.02. The Balaban J connectivity index is 2.46. The lowest BCUT2D eigenvalue weighted by molar-refractivity contribution is 0.0970. The fourth-order valence-electron chi connectivity index (χ4n) is 4.07. The highest BCUT2D eigenvalue weighted by Crippen LogP contribution is 2.48. The number of benzene rings is 1. The van der Waals surface area contributed by atoms with Crippen LogP contribution in [0.25, 0.3) is 0 Å². The average Bonchev–Trinajstić information content (AvgIpc) is 2.41. The van der Waals surface area contributed by atoms with Crippen molar-refractivity contribution in [2.45, 2.75) is 58.9 Å². The van der Waals surface area contributed by atoms with Gasteiger partial charge >= 0.3 is 0 Å². The van der Waals surface area contributed by atoms with E-state index in [2.05, 4.69) is 56.9 Å². The molecule has 0 radical (unpaired) electrons. The van der Waals surface area contributed by atoms with Crippen molar-refractivity contribution in [3.05, 3.63) is 29.8 Å². The molecule has 1 aliphatic carbocycles. The first-order valence-corrected chi connectivity index (χ1v) is 8.01. The van der Waals surface area contributed by atoms with Gasteiger partial charge in [0.1, 0.15) is 0 Å². The van der Waals surface area contributed by atoms with Crippen molar-refractivity contribution in [2.24, 2.45) is 11.1 Å². The van der Waals surface area contributed by atoms with Gasteiger partial charge in [0.05, 0.1) is 5.54 Å². The molecule has 1 atom stereocenters. The molecule has 0 spiro atoms. The quantitative estimate of drug-likeness (QED) is 0.895. The van der Waals surface area contributed by atoms with E-state index in [1.807, 2.05) is 0 Å². The third-order valence-corrected chi connectivity index (χ3v) is 5.39. The number of likely N-dealkylation sites (N-methyl/N-ethyl adjacent to an activating group) is 1. The zero-order chi connectivity index (χ0) is 14.8. The van der Waals surface area contributed by atoms with Crippen LogP contribution in [0.15, 0.2) is 24.3 Å². The number of nitrogens with two attached hydrogens (primary N) is 1. The van der Waals surface area contributed by atoms with Crippen LogP contribution in [0, 0.1) is 12.3 Å². The summed E-state index contributed by atoms with van der Waals surface area (Å²) in [5.41, 5.74) is 9.33. The van der Waals surface area contributed by atoms with E-state index in [0.717, 1.165) is 13.1 Å². The van der Waals surface area contributed by atoms with Crippen LogP contribution in [-0.4, -0.2) is 18.6 Å². The molecular formula is C18H30N2. The second-order valence-electron chi connectivity index (χ2n) is 6.91. The monoisotopic (exact) mass is 274 g/mol. The first-order chi connectivity index (χ1) is 9.47. The summed E-state index contributed by atoms with van der Waals surface area (Å²) in [5.74, 6) is 0. The van der Waals surface area contributed by atoms with Gasteiger partial charge < -0.3 is 10.6 Å². The Morgan fingerprint density at radius 3 is 2.45 bits per heavy atom. The molecule has 0 aromatic heterocycles. The molecule has 2 nitrogen and oxygen atoms in total. The summed E-state index contributed by atoms with van der Waals surface area (Å²) in [6.45, 7) is 11.0. The summed E-state index contributed by atoms with van der Waals surface area (Å²) in [6.07, 6.45) is 5.11. The first-order valence-electron chi connectivity index (χ1n) is 8.01. The zero-order valence-electron chi connectivity index (χ0n) is 13.6. The molecule has 2 heteroatoms. The lowest BCUT2D eigenvalue weighted by Crippen LogP contribution is -2.64. The van der Waals surface area contributed by atoms with E-state index in [0.29, 0.717) is 0 Å². The standard InChI is InChI=1S/C18H30N2/c1-5-20(16-10-8-9-15(2)13-16)18(14-19)12-7-6-11-17(18,3)4/h8-10,13H,5-7,11-12,14,19H2,1-4H3. The Morgan fingerprint density at radius 2 is 1.90 bits per heavy atom. The van der Waals surface area contributed by atoms with Crippen molar-refractivity contribution in [3.8, 4) is 0 Å². The van der Waals surface area contributed by atoms with Gasteiger partial charge in [0.15, 0.2) is 0 Å². The number of rotatable bonds is 4. The molecule has 0 saturated heterocycles. The van der Waals surface area contributed by atoms with Crippen molar-refractivity contribution < 1.29 is 0 Å². The minimum Gasteiger partial charge on any atom is -0.364 e. The van der Waals surface area contributed by atoms with E-state index < -0.39 is 0 Å². The maximum Gasteiger partial charge on any atom is 0.0574 e. The summed E-state index contributed by atoms with van der Waals surface area (Å²) >= 11 is 0. The van der Waals surface area contributed by atoms with Crippen molar-refractivity contribution in [2.75, 3.05) is 18.0 Å². The maximum atomic E-state index is 6.32. The number of hydrogen-bond acceptors (Lipinski definition) is 2. The molecule has 2 N–H and O–H groups in total. The fourth-order valence-corrected chi connectivity index (χ4v) is 4.07. The molecule has 0 heterocycles. The summed E-state index contributed by atoms with van der Waals surface area (Å²) in [4.78, 5) is 2.57. The van der Waals surface area contributed by atoms with E-state index in [1.165, 1.54) is 36.9 Å². The van der Waals surface area contributed by atoms with Crippen LogP contribution in [0.5, 0.6) is 0 Å². The minimum absolute atomic E-state index is 0.0911. The molecule has 1 fully saturated rings. The van der Waals surface area contributed by atoms with Crippen molar-refractivity contribution >= 4 is 5.69 Å². The summed E-state index contributed by atoms with van der Waals surface area (Å²) in [7, 11) is 0. The predicted molar refractivity (Wildman–Crippen MR) is 88.2 cm³/mol. The van der Waals surface area contributed by atoms with Gasteiger partial charge in [-0.2, -0.15) is 0 Å². The Morgan fingerprint density at radius 1 is 1.20 bits per heavy atom. The Labute approximate surface area is 124 Å². The Kier molecular flexibility index (Phi) is 4.43. The highest BCUT2D eigenvalue weighted by molar-refractivity contribution is 5.52. The molecule has 2 rings (SSSR count). The van der Waals surface area contributed by atoms with Crippen LogP contribution in [0.2, 0.25) is 0 Å². The highest BCUT2D eigenvalue weighted by Gasteiger charge is 2.49. The van der Waals surface area contributed by atoms with Crippen LogP contribution in [-0.2, 0) is 0 Å². The van der Waals surface area contributed by atoms with Gasteiger partial charge in [-0.25, -0.2) is 0 Å². The summed E-state index contributed by atoms with van der Waals surface area (Å²) < 4.78 is 0. The second kappa shape index (κ2) is 5.77. The first kappa shape index (κ1) is 15.4. The van der Waals surface area contributed by atoms with Crippen molar-refractivity contribution in [1.29, 1.82) is 0 Å². The van der Waals surface area contributed by atoms with E-state index in [9.17, 15) is 0 Å². The van der Waals surface area contributed by atoms with Gasteiger partial charge in [0.2, 0.25) is 0 Å². The number of nitrogens with zero attached hydrogens (tertiary/aromatic N) is 1. The number of aryl methyl sites for hydroxylation is 1. The lowest BCUT2D eigenvalue weighted by Gasteiger charge is -2.57. The molecule has 0 bridgehead atoms. The molecule has 1 aliphatic rings. The van der Waals surface area contributed by atoms with Crippen LogP contribution in [0.1, 0.15) is 52.0 Å². The smallest absolute Gasteiger partial charge is 0.0574 e. The fraction of sp³-hybridized carbons (Fsp3) is 0.667. The van der Waals surface area contributed by atoms with Crippen LogP contribution >= 0.6 is 0 Å². The molecule has 112 valence electrons. The van der Waals surface area contributed by atoms with Gasteiger partial charge in [-0.3, -0.25) is 0 Å². The molecule has 1 aromatic carbocycles. The van der Waals surface area contributed by atoms with Gasteiger partial charge in [0, 0.05) is 18.8 Å². The molecule has 1 unspecified atom stereocenters. The normalized spacial score (nSPS) is 25.4. The SMILES string of the molecule is CCN(c1cccc(C)c1)C1(CN)CCCCC1(C)C. The molecule has 1 saturated carbocycles. The van der Waals surface area contributed by atoms with Crippen LogP contribution in [0.3, 0.4) is 0 Å². The Bertz CT molecular complexity index is 452.